The minimum Gasteiger partial charge on any atom is -0.340 e. The maximum absolute atomic E-state index is 12.5. The van der Waals surface area contributed by atoms with Crippen LogP contribution in [0.25, 0.3) is 0 Å². The topological polar surface area (TPSA) is 46.3 Å². The summed E-state index contributed by atoms with van der Waals surface area (Å²) in [4.78, 5) is 13.6. The zero-order valence-corrected chi connectivity index (χ0v) is 12.7. The fourth-order valence-electron chi connectivity index (χ4n) is 1.76. The summed E-state index contributed by atoms with van der Waals surface area (Å²) < 4.78 is 37.4. The Morgan fingerprint density at radius 2 is 1.67 bits per heavy atom. The first-order valence-corrected chi connectivity index (χ1v) is 6.59. The summed E-state index contributed by atoms with van der Waals surface area (Å²) in [6, 6.07) is 4.11. The molecule has 1 amide bonds. The van der Waals surface area contributed by atoms with Crippen LogP contribution in [0, 0.1) is 5.41 Å². The summed E-state index contributed by atoms with van der Waals surface area (Å²) in [6.45, 7) is 5.81. The van der Waals surface area contributed by atoms with E-state index in [2.05, 4.69) is 0 Å². The van der Waals surface area contributed by atoms with Gasteiger partial charge in [-0.05, 0) is 23.1 Å². The molecular weight excluding hydrogens is 281 g/mol. The van der Waals surface area contributed by atoms with E-state index in [-0.39, 0.29) is 17.9 Å². The zero-order chi connectivity index (χ0) is 16.4. The average Bonchev–Trinajstić information content (AvgIpc) is 2.35. The Labute approximate surface area is 122 Å². The van der Waals surface area contributed by atoms with Crippen LogP contribution < -0.4 is 5.73 Å². The molecule has 0 spiro atoms. The van der Waals surface area contributed by atoms with Crippen molar-refractivity contribution in [1.82, 2.24) is 4.90 Å². The predicted molar refractivity (Wildman–Crippen MR) is 75.3 cm³/mol. The number of carbonyl (C=O) groups is 1. The smallest absolute Gasteiger partial charge is 0.340 e. The van der Waals surface area contributed by atoms with Crippen molar-refractivity contribution in [3.05, 3.63) is 35.4 Å². The molecule has 0 radical (unpaired) electrons. The van der Waals surface area contributed by atoms with Gasteiger partial charge in [0.15, 0.2) is 0 Å². The molecular formula is C15H21F3N2O. The Kier molecular flexibility index (Phi) is 5.04. The van der Waals surface area contributed by atoms with Crippen molar-refractivity contribution in [2.45, 2.75) is 39.5 Å². The highest BCUT2D eigenvalue weighted by Gasteiger charge is 2.31. The van der Waals surface area contributed by atoms with Gasteiger partial charge in [-0.2, -0.15) is 13.2 Å². The maximum Gasteiger partial charge on any atom is 0.416 e. The minimum atomic E-state index is -4.35. The summed E-state index contributed by atoms with van der Waals surface area (Å²) in [7, 11) is 1.59. The third-order valence-electron chi connectivity index (χ3n) is 3.28. The fraction of sp³-hybridized carbons (Fsp3) is 0.533. The summed E-state index contributed by atoms with van der Waals surface area (Å²) in [6.07, 6.45) is -4.35. The molecule has 0 fully saturated rings. The van der Waals surface area contributed by atoms with Crippen LogP contribution in [0.1, 0.15) is 31.9 Å². The molecule has 0 aliphatic carbocycles. The standard InChI is InChI=1S/C15H21F3N2O/c1-14(2,3)12(19)13(21)20(4)9-10-5-7-11(8-6-10)15(16,17)18/h5-8,12H,9,19H2,1-4H3/t12-/m0/s1. The van der Waals surface area contributed by atoms with E-state index in [0.29, 0.717) is 5.56 Å². The quantitative estimate of drug-likeness (QED) is 0.933. The van der Waals surface area contributed by atoms with Crippen LogP contribution in [-0.4, -0.2) is 23.9 Å². The first kappa shape index (κ1) is 17.5. The molecule has 6 heteroatoms. The second-order valence-corrected chi connectivity index (χ2v) is 6.23. The van der Waals surface area contributed by atoms with Gasteiger partial charge < -0.3 is 10.6 Å². The first-order valence-electron chi connectivity index (χ1n) is 6.59. The molecule has 2 N–H and O–H groups in total. The van der Waals surface area contributed by atoms with Gasteiger partial charge in [0.25, 0.3) is 0 Å². The van der Waals surface area contributed by atoms with Gasteiger partial charge in [-0.15, -0.1) is 0 Å². The molecule has 1 aromatic rings. The number of benzene rings is 1. The second-order valence-electron chi connectivity index (χ2n) is 6.23. The van der Waals surface area contributed by atoms with E-state index in [9.17, 15) is 18.0 Å². The lowest BCUT2D eigenvalue weighted by atomic mass is 9.86. The molecule has 21 heavy (non-hydrogen) atoms. The maximum atomic E-state index is 12.5. The summed E-state index contributed by atoms with van der Waals surface area (Å²) in [5.74, 6) is -0.234. The van der Waals surface area contributed by atoms with E-state index < -0.39 is 17.8 Å². The Hall–Kier alpha value is -1.56. The molecule has 0 saturated carbocycles. The molecule has 0 aromatic heterocycles. The monoisotopic (exact) mass is 302 g/mol. The molecule has 1 rings (SSSR count). The van der Waals surface area contributed by atoms with Crippen LogP contribution in [0.15, 0.2) is 24.3 Å². The van der Waals surface area contributed by atoms with Crippen molar-refractivity contribution in [3.63, 3.8) is 0 Å². The highest BCUT2D eigenvalue weighted by molar-refractivity contribution is 5.82. The lowest BCUT2D eigenvalue weighted by molar-refractivity contribution is -0.137. The number of rotatable bonds is 3. The van der Waals surface area contributed by atoms with Crippen LogP contribution in [0.5, 0.6) is 0 Å². The second kappa shape index (κ2) is 6.05. The normalized spacial score (nSPS) is 13.9. The predicted octanol–water partition coefficient (Wildman–Crippen LogP) is 3.04. The minimum absolute atomic E-state index is 0.223. The fourth-order valence-corrected chi connectivity index (χ4v) is 1.76. The molecule has 0 bridgehead atoms. The van der Waals surface area contributed by atoms with Gasteiger partial charge in [0, 0.05) is 13.6 Å². The van der Waals surface area contributed by atoms with Crippen molar-refractivity contribution in [2.24, 2.45) is 11.1 Å². The molecule has 0 unspecified atom stereocenters. The number of hydrogen-bond donors (Lipinski definition) is 1. The van der Waals surface area contributed by atoms with Crippen LogP contribution in [0.3, 0.4) is 0 Å². The molecule has 0 heterocycles. The van der Waals surface area contributed by atoms with Crippen molar-refractivity contribution in [1.29, 1.82) is 0 Å². The number of nitrogens with zero attached hydrogens (tertiary/aromatic N) is 1. The van der Waals surface area contributed by atoms with Crippen LogP contribution in [-0.2, 0) is 17.5 Å². The highest BCUT2D eigenvalue weighted by atomic mass is 19.4. The van der Waals surface area contributed by atoms with E-state index >= 15 is 0 Å². The number of likely N-dealkylation sites (N-methyl/N-ethyl adjacent to an activating group) is 1. The summed E-state index contributed by atoms with van der Waals surface area (Å²) in [5, 5.41) is 0. The number of nitrogens with two attached hydrogens (primary N) is 1. The van der Waals surface area contributed by atoms with E-state index in [4.69, 9.17) is 5.73 Å². The lowest BCUT2D eigenvalue weighted by Gasteiger charge is -2.30. The van der Waals surface area contributed by atoms with Gasteiger partial charge in [0.1, 0.15) is 0 Å². The molecule has 118 valence electrons. The Balaban J connectivity index is 2.75. The lowest BCUT2D eigenvalue weighted by Crippen LogP contribution is -2.48. The van der Waals surface area contributed by atoms with Gasteiger partial charge in [0.05, 0.1) is 11.6 Å². The molecule has 3 nitrogen and oxygen atoms in total. The van der Waals surface area contributed by atoms with Crippen molar-refractivity contribution in [2.75, 3.05) is 7.05 Å². The number of hydrogen-bond acceptors (Lipinski definition) is 2. The number of alkyl halides is 3. The summed E-state index contributed by atoms with van der Waals surface area (Å²) >= 11 is 0. The third-order valence-corrected chi connectivity index (χ3v) is 3.28. The van der Waals surface area contributed by atoms with Gasteiger partial charge in [-0.1, -0.05) is 32.9 Å². The van der Waals surface area contributed by atoms with E-state index in [1.807, 2.05) is 20.8 Å². The van der Waals surface area contributed by atoms with Crippen LogP contribution >= 0.6 is 0 Å². The number of halogens is 3. The molecule has 1 atom stereocenters. The molecule has 1 aromatic carbocycles. The van der Waals surface area contributed by atoms with Gasteiger partial charge >= 0.3 is 6.18 Å². The molecule has 0 saturated heterocycles. The highest BCUT2D eigenvalue weighted by Crippen LogP contribution is 2.29. The van der Waals surface area contributed by atoms with Crippen molar-refractivity contribution < 1.29 is 18.0 Å². The number of carbonyl (C=O) groups excluding carboxylic acids is 1. The van der Waals surface area contributed by atoms with Gasteiger partial charge in [0.2, 0.25) is 5.91 Å². The van der Waals surface area contributed by atoms with E-state index in [1.165, 1.54) is 17.0 Å². The van der Waals surface area contributed by atoms with Crippen molar-refractivity contribution >= 4 is 5.91 Å². The summed E-state index contributed by atoms with van der Waals surface area (Å²) in [5.41, 5.74) is 5.44. The van der Waals surface area contributed by atoms with E-state index in [1.54, 1.807) is 7.05 Å². The van der Waals surface area contributed by atoms with E-state index in [0.717, 1.165) is 12.1 Å². The van der Waals surface area contributed by atoms with Crippen LogP contribution in [0.2, 0.25) is 0 Å². The Morgan fingerprint density at radius 3 is 2.05 bits per heavy atom. The van der Waals surface area contributed by atoms with Gasteiger partial charge in [-0.25, -0.2) is 0 Å². The van der Waals surface area contributed by atoms with Gasteiger partial charge in [-0.3, -0.25) is 4.79 Å². The van der Waals surface area contributed by atoms with Crippen LogP contribution in [0.4, 0.5) is 13.2 Å². The third kappa shape index (κ3) is 4.74. The Bertz CT molecular complexity index is 489. The number of amides is 1. The molecule has 0 aliphatic heterocycles. The SMILES string of the molecule is CN(Cc1ccc(C(F)(F)F)cc1)C(=O)[C@H](N)C(C)(C)C. The zero-order valence-electron chi connectivity index (χ0n) is 12.7. The largest absolute Gasteiger partial charge is 0.416 e. The van der Waals surface area contributed by atoms with Crippen molar-refractivity contribution in [3.8, 4) is 0 Å². The molecule has 0 aliphatic rings. The Morgan fingerprint density at radius 1 is 1.19 bits per heavy atom. The average molecular weight is 302 g/mol. The first-order chi connectivity index (χ1) is 9.43.